The number of amides is 1. The van der Waals surface area contributed by atoms with Gasteiger partial charge in [0.2, 0.25) is 5.91 Å². The smallest absolute Gasteiger partial charge is 0.411 e. The van der Waals surface area contributed by atoms with E-state index in [1.165, 1.54) is 18.2 Å². The molecule has 0 aliphatic rings. The van der Waals surface area contributed by atoms with Gasteiger partial charge in [-0.25, -0.2) is 0 Å². The van der Waals surface area contributed by atoms with Gasteiger partial charge in [0.25, 0.3) is 0 Å². The van der Waals surface area contributed by atoms with E-state index in [1.807, 2.05) is 0 Å². The van der Waals surface area contributed by atoms with Crippen LogP contribution in [0.15, 0.2) is 18.2 Å². The van der Waals surface area contributed by atoms with Gasteiger partial charge in [0.15, 0.2) is 0 Å². The van der Waals surface area contributed by atoms with E-state index in [1.54, 1.807) is 6.07 Å². The van der Waals surface area contributed by atoms with E-state index in [4.69, 9.17) is 5.26 Å². The molecule has 1 rings (SSSR count). The summed E-state index contributed by atoms with van der Waals surface area (Å²) < 4.78 is 39.4. The fraction of sp³-hybridized carbons (Fsp3) is 0.273. The van der Waals surface area contributed by atoms with E-state index in [2.05, 4.69) is 10.1 Å². The predicted molar refractivity (Wildman–Crippen MR) is 58.3 cm³/mol. The number of anilines is 1. The Morgan fingerprint density at radius 1 is 1.47 bits per heavy atom. The number of ether oxygens (including phenoxy) is 1. The summed E-state index contributed by atoms with van der Waals surface area (Å²) in [7, 11) is 0. The summed E-state index contributed by atoms with van der Waals surface area (Å²) in [5, 5.41) is 20.2. The highest BCUT2D eigenvalue weighted by atomic mass is 19.4. The summed E-state index contributed by atoms with van der Waals surface area (Å²) in [6, 6.07) is 5.49. The molecule has 1 amide bonds. The normalized spacial score (nSPS) is 10.8. The van der Waals surface area contributed by atoms with E-state index in [-0.39, 0.29) is 17.0 Å². The van der Waals surface area contributed by atoms with Gasteiger partial charge in [-0.2, -0.15) is 18.4 Å². The Morgan fingerprint density at radius 3 is 2.74 bits per heavy atom. The third-order valence-electron chi connectivity index (χ3n) is 1.90. The van der Waals surface area contributed by atoms with Crippen LogP contribution >= 0.6 is 0 Å². The molecule has 0 radical (unpaired) electrons. The standard InChI is InChI=1S/C11H9F3N2O3/c12-11(13,14)6-19-5-10(18)16-8-3-7(4-15)1-2-9(8)17/h1-3,17H,5-6H2,(H,16,18). The number of phenols is 1. The van der Waals surface area contributed by atoms with E-state index >= 15 is 0 Å². The van der Waals surface area contributed by atoms with Crippen molar-refractivity contribution in [2.45, 2.75) is 6.18 Å². The quantitative estimate of drug-likeness (QED) is 0.820. The second-order valence-corrected chi connectivity index (χ2v) is 3.50. The Bertz CT molecular complexity index is 509. The molecule has 8 heteroatoms. The average molecular weight is 274 g/mol. The van der Waals surface area contributed by atoms with Gasteiger partial charge in [0, 0.05) is 0 Å². The molecule has 0 saturated carbocycles. The van der Waals surface area contributed by atoms with Crippen molar-refractivity contribution in [1.82, 2.24) is 0 Å². The molecule has 0 heterocycles. The molecule has 1 aromatic rings. The van der Waals surface area contributed by atoms with Gasteiger partial charge >= 0.3 is 6.18 Å². The van der Waals surface area contributed by atoms with Gasteiger partial charge in [-0.1, -0.05) is 0 Å². The topological polar surface area (TPSA) is 82.4 Å². The summed E-state index contributed by atoms with van der Waals surface area (Å²) in [5.74, 6) is -1.17. The largest absolute Gasteiger partial charge is 0.506 e. The Kier molecular flexibility index (Phi) is 4.72. The first-order valence-electron chi connectivity index (χ1n) is 4.99. The number of carbonyl (C=O) groups is 1. The molecule has 19 heavy (non-hydrogen) atoms. The number of aromatic hydroxyl groups is 1. The molecule has 0 aliphatic heterocycles. The van der Waals surface area contributed by atoms with Crippen LogP contribution in [-0.2, 0) is 9.53 Å². The lowest BCUT2D eigenvalue weighted by Gasteiger charge is -2.09. The summed E-state index contributed by atoms with van der Waals surface area (Å²) in [4.78, 5) is 11.3. The van der Waals surface area contributed by atoms with Crippen LogP contribution in [-0.4, -0.2) is 30.4 Å². The van der Waals surface area contributed by atoms with Gasteiger partial charge in [-0.3, -0.25) is 4.79 Å². The molecule has 0 spiro atoms. The molecule has 0 bridgehead atoms. The molecule has 0 fully saturated rings. The summed E-state index contributed by atoms with van der Waals surface area (Å²) in [5.41, 5.74) is 0.115. The monoisotopic (exact) mass is 274 g/mol. The van der Waals surface area contributed by atoms with E-state index in [0.29, 0.717) is 0 Å². The van der Waals surface area contributed by atoms with Crippen LogP contribution in [0.1, 0.15) is 5.56 Å². The predicted octanol–water partition coefficient (Wildman–Crippen LogP) is 1.78. The maximum atomic E-state index is 11.8. The molecular formula is C11H9F3N2O3. The summed E-state index contributed by atoms with van der Waals surface area (Å²) >= 11 is 0. The highest BCUT2D eigenvalue weighted by Crippen LogP contribution is 2.23. The van der Waals surface area contributed by atoms with Gasteiger partial charge in [0.1, 0.15) is 19.0 Å². The number of carbonyl (C=O) groups excluding carboxylic acids is 1. The zero-order valence-corrected chi connectivity index (χ0v) is 9.49. The van der Waals surface area contributed by atoms with E-state index in [9.17, 15) is 23.1 Å². The minimum Gasteiger partial charge on any atom is -0.506 e. The summed E-state index contributed by atoms with van der Waals surface area (Å²) in [6.07, 6.45) is -4.51. The van der Waals surface area contributed by atoms with Crippen LogP contribution in [0.3, 0.4) is 0 Å². The van der Waals surface area contributed by atoms with Crippen molar-refractivity contribution in [2.75, 3.05) is 18.5 Å². The van der Waals surface area contributed by atoms with Crippen LogP contribution < -0.4 is 5.32 Å². The van der Waals surface area contributed by atoms with Crippen LogP contribution in [0.25, 0.3) is 0 Å². The third-order valence-corrected chi connectivity index (χ3v) is 1.90. The molecule has 5 nitrogen and oxygen atoms in total. The highest BCUT2D eigenvalue weighted by molar-refractivity contribution is 5.93. The number of halogens is 3. The van der Waals surface area contributed by atoms with Crippen molar-refractivity contribution in [3.8, 4) is 11.8 Å². The highest BCUT2D eigenvalue weighted by Gasteiger charge is 2.27. The molecular weight excluding hydrogens is 265 g/mol. The van der Waals surface area contributed by atoms with Crippen LogP contribution in [0, 0.1) is 11.3 Å². The minimum atomic E-state index is -4.51. The molecule has 2 N–H and O–H groups in total. The van der Waals surface area contributed by atoms with Crippen molar-refractivity contribution < 1.29 is 27.8 Å². The van der Waals surface area contributed by atoms with Gasteiger partial charge in [-0.15, -0.1) is 0 Å². The number of rotatable bonds is 4. The zero-order valence-electron chi connectivity index (χ0n) is 9.49. The fourth-order valence-electron chi connectivity index (χ4n) is 1.15. The first-order chi connectivity index (χ1) is 8.81. The second-order valence-electron chi connectivity index (χ2n) is 3.50. The van der Waals surface area contributed by atoms with Crippen LogP contribution in [0.4, 0.5) is 18.9 Å². The van der Waals surface area contributed by atoms with E-state index in [0.717, 1.165) is 0 Å². The number of hydrogen-bond acceptors (Lipinski definition) is 4. The van der Waals surface area contributed by atoms with Crippen LogP contribution in [0.2, 0.25) is 0 Å². The molecule has 0 unspecified atom stereocenters. The Morgan fingerprint density at radius 2 is 2.16 bits per heavy atom. The van der Waals surface area contributed by atoms with Crippen molar-refractivity contribution in [2.24, 2.45) is 0 Å². The van der Waals surface area contributed by atoms with E-state index < -0.39 is 25.3 Å². The fourth-order valence-corrected chi connectivity index (χ4v) is 1.15. The van der Waals surface area contributed by atoms with Crippen molar-refractivity contribution >= 4 is 11.6 Å². The zero-order chi connectivity index (χ0) is 14.5. The SMILES string of the molecule is N#Cc1ccc(O)c(NC(=O)COCC(F)(F)F)c1. The second kappa shape index (κ2) is 6.06. The maximum Gasteiger partial charge on any atom is 0.411 e. The molecule has 0 saturated heterocycles. The number of benzene rings is 1. The third kappa shape index (κ3) is 5.27. The Hall–Kier alpha value is -2.27. The Balaban J connectivity index is 2.55. The number of nitriles is 1. The minimum absolute atomic E-state index is 0.0698. The lowest BCUT2D eigenvalue weighted by atomic mass is 10.2. The van der Waals surface area contributed by atoms with Gasteiger partial charge in [-0.05, 0) is 18.2 Å². The molecule has 1 aromatic carbocycles. The molecule has 0 aliphatic carbocycles. The first-order valence-corrected chi connectivity index (χ1v) is 4.99. The van der Waals surface area contributed by atoms with Gasteiger partial charge < -0.3 is 15.2 Å². The van der Waals surface area contributed by atoms with Crippen molar-refractivity contribution in [1.29, 1.82) is 5.26 Å². The lowest BCUT2D eigenvalue weighted by Crippen LogP contribution is -2.24. The number of phenolic OH excluding ortho intramolecular Hbond substituents is 1. The Labute approximate surface area is 106 Å². The molecule has 0 atom stereocenters. The van der Waals surface area contributed by atoms with Crippen molar-refractivity contribution in [3.05, 3.63) is 23.8 Å². The number of nitrogens with one attached hydrogen (secondary N) is 1. The number of hydrogen-bond donors (Lipinski definition) is 2. The van der Waals surface area contributed by atoms with Crippen molar-refractivity contribution in [3.63, 3.8) is 0 Å². The maximum absolute atomic E-state index is 11.8. The number of nitrogens with zero attached hydrogens (tertiary/aromatic N) is 1. The molecule has 102 valence electrons. The molecule has 0 aromatic heterocycles. The van der Waals surface area contributed by atoms with Crippen LogP contribution in [0.5, 0.6) is 5.75 Å². The first kappa shape index (κ1) is 14.8. The summed E-state index contributed by atoms with van der Waals surface area (Å²) in [6.45, 7) is -2.35. The number of alkyl halides is 3. The lowest BCUT2D eigenvalue weighted by molar-refractivity contribution is -0.174. The van der Waals surface area contributed by atoms with Gasteiger partial charge in [0.05, 0.1) is 17.3 Å². The average Bonchev–Trinajstić information content (AvgIpc) is 2.30.